The maximum atomic E-state index is 11.6. The Morgan fingerprint density at radius 3 is 2.45 bits per heavy atom. The van der Waals surface area contributed by atoms with Crippen molar-refractivity contribution in [2.75, 3.05) is 25.2 Å². The number of sulfone groups is 1. The summed E-state index contributed by atoms with van der Waals surface area (Å²) in [5.41, 5.74) is 6.11. The molecule has 2 rings (SSSR count). The standard InChI is InChI=1S/C12H19N5O4S/c1-4-20-9(21-5-2)7-17-11-8(6-14-17)10(13)15-12(16-11)22(3,18)19/h6,9H,4-5,7H2,1-3H3,(H2,13,15,16). The van der Waals surface area contributed by atoms with Crippen LogP contribution in [0.15, 0.2) is 11.4 Å². The Morgan fingerprint density at radius 2 is 1.91 bits per heavy atom. The SMILES string of the molecule is CCOC(Cn1ncc2c(N)nc(S(C)(=O)=O)nc21)OCC. The van der Waals surface area contributed by atoms with Crippen molar-refractivity contribution < 1.29 is 17.9 Å². The molecule has 2 N–H and O–H groups in total. The third-order valence-electron chi connectivity index (χ3n) is 2.86. The van der Waals surface area contributed by atoms with Crippen LogP contribution >= 0.6 is 0 Å². The highest BCUT2D eigenvalue weighted by atomic mass is 32.2. The first-order chi connectivity index (χ1) is 10.4. The van der Waals surface area contributed by atoms with Crippen molar-refractivity contribution in [2.45, 2.75) is 31.8 Å². The topological polar surface area (TPSA) is 122 Å². The van der Waals surface area contributed by atoms with Gasteiger partial charge in [-0.1, -0.05) is 0 Å². The van der Waals surface area contributed by atoms with Gasteiger partial charge in [-0.05, 0) is 13.8 Å². The minimum atomic E-state index is -3.57. The Labute approximate surface area is 128 Å². The fraction of sp³-hybridized carbons (Fsp3) is 0.583. The molecular formula is C12H19N5O4S. The van der Waals surface area contributed by atoms with Crippen LogP contribution in [0.1, 0.15) is 13.8 Å². The molecule has 0 amide bonds. The zero-order valence-corrected chi connectivity index (χ0v) is 13.5. The highest BCUT2D eigenvalue weighted by Gasteiger charge is 2.19. The van der Waals surface area contributed by atoms with E-state index in [-0.39, 0.29) is 17.5 Å². The molecule has 0 saturated heterocycles. The molecule has 0 atom stereocenters. The molecule has 0 bridgehead atoms. The predicted octanol–water partition coefficient (Wildman–Crippen LogP) is 0.211. The number of aromatic nitrogens is 4. The predicted molar refractivity (Wildman–Crippen MR) is 79.9 cm³/mol. The lowest BCUT2D eigenvalue weighted by molar-refractivity contribution is -0.144. The van der Waals surface area contributed by atoms with Gasteiger partial charge in [0.05, 0.1) is 18.1 Å². The fourth-order valence-corrected chi connectivity index (χ4v) is 2.44. The van der Waals surface area contributed by atoms with E-state index in [1.165, 1.54) is 10.9 Å². The first-order valence-electron chi connectivity index (χ1n) is 6.79. The summed E-state index contributed by atoms with van der Waals surface area (Å²) in [7, 11) is -3.57. The molecule has 122 valence electrons. The third-order valence-corrected chi connectivity index (χ3v) is 3.71. The number of nitrogen functional groups attached to an aromatic ring is 1. The molecule has 9 nitrogen and oxygen atoms in total. The van der Waals surface area contributed by atoms with Crippen molar-refractivity contribution in [3.05, 3.63) is 6.20 Å². The Kier molecular flexibility index (Phi) is 4.94. The minimum absolute atomic E-state index is 0.0704. The zero-order valence-electron chi connectivity index (χ0n) is 12.7. The smallest absolute Gasteiger partial charge is 0.250 e. The first-order valence-corrected chi connectivity index (χ1v) is 8.68. The van der Waals surface area contributed by atoms with Crippen LogP contribution in [-0.2, 0) is 25.9 Å². The molecule has 0 aliphatic heterocycles. The fourth-order valence-electron chi connectivity index (χ4n) is 1.92. The summed E-state index contributed by atoms with van der Waals surface area (Å²) in [6.45, 7) is 4.94. The Hall–Kier alpha value is -1.78. The number of anilines is 1. The van der Waals surface area contributed by atoms with Crippen molar-refractivity contribution in [1.82, 2.24) is 19.7 Å². The molecule has 0 spiro atoms. The number of nitrogens with two attached hydrogens (primary N) is 1. The monoisotopic (exact) mass is 329 g/mol. The lowest BCUT2D eigenvalue weighted by Crippen LogP contribution is -2.24. The number of ether oxygens (including phenoxy) is 2. The van der Waals surface area contributed by atoms with Gasteiger partial charge >= 0.3 is 0 Å². The molecule has 10 heteroatoms. The average Bonchev–Trinajstić information content (AvgIpc) is 2.82. The second-order valence-electron chi connectivity index (χ2n) is 4.57. The van der Waals surface area contributed by atoms with Gasteiger partial charge in [0, 0.05) is 19.5 Å². The molecule has 0 aromatic carbocycles. The van der Waals surface area contributed by atoms with Crippen LogP contribution in [0.2, 0.25) is 0 Å². The Balaban J connectivity index is 2.44. The van der Waals surface area contributed by atoms with Gasteiger partial charge in [-0.3, -0.25) is 0 Å². The zero-order chi connectivity index (χ0) is 16.3. The second kappa shape index (κ2) is 6.55. The molecule has 0 radical (unpaired) electrons. The lowest BCUT2D eigenvalue weighted by Gasteiger charge is -2.17. The molecule has 0 aliphatic carbocycles. The summed E-state index contributed by atoms with van der Waals surface area (Å²) in [6, 6.07) is 0. The molecule has 0 saturated carbocycles. The van der Waals surface area contributed by atoms with Gasteiger partial charge in [0.2, 0.25) is 9.84 Å². The van der Waals surface area contributed by atoms with Gasteiger partial charge in [0.25, 0.3) is 5.16 Å². The Bertz CT molecular complexity index is 752. The molecule has 2 aromatic heterocycles. The first kappa shape index (κ1) is 16.6. The molecule has 2 aromatic rings. The van der Waals surface area contributed by atoms with E-state index in [0.29, 0.717) is 24.2 Å². The number of fused-ring (bicyclic) bond motifs is 1. The van der Waals surface area contributed by atoms with Gasteiger partial charge in [0.15, 0.2) is 11.9 Å². The summed E-state index contributed by atoms with van der Waals surface area (Å²) in [6.07, 6.45) is 2.01. The van der Waals surface area contributed by atoms with Crippen LogP contribution < -0.4 is 5.73 Å². The van der Waals surface area contributed by atoms with Crippen molar-refractivity contribution in [3.8, 4) is 0 Å². The van der Waals surface area contributed by atoms with Crippen molar-refractivity contribution in [2.24, 2.45) is 0 Å². The van der Waals surface area contributed by atoms with E-state index in [4.69, 9.17) is 15.2 Å². The highest BCUT2D eigenvalue weighted by molar-refractivity contribution is 7.90. The molecule has 22 heavy (non-hydrogen) atoms. The summed E-state index contributed by atoms with van der Waals surface area (Å²) >= 11 is 0. The minimum Gasteiger partial charge on any atom is -0.383 e. The van der Waals surface area contributed by atoms with Crippen LogP contribution in [0.3, 0.4) is 0 Å². The third kappa shape index (κ3) is 3.51. The van der Waals surface area contributed by atoms with E-state index in [0.717, 1.165) is 6.26 Å². The van der Waals surface area contributed by atoms with Crippen LogP contribution in [0.5, 0.6) is 0 Å². The maximum Gasteiger partial charge on any atom is 0.250 e. The quantitative estimate of drug-likeness (QED) is 0.565. The molecule has 2 heterocycles. The van der Waals surface area contributed by atoms with Crippen LogP contribution in [-0.4, -0.2) is 53.9 Å². The highest BCUT2D eigenvalue weighted by Crippen LogP contribution is 2.19. The van der Waals surface area contributed by atoms with E-state index in [9.17, 15) is 8.42 Å². The van der Waals surface area contributed by atoms with Gasteiger partial charge in [-0.2, -0.15) is 10.1 Å². The number of hydrogen-bond donors (Lipinski definition) is 1. The van der Waals surface area contributed by atoms with E-state index >= 15 is 0 Å². The van der Waals surface area contributed by atoms with Gasteiger partial charge in [0.1, 0.15) is 5.82 Å². The maximum absolute atomic E-state index is 11.6. The number of hydrogen-bond acceptors (Lipinski definition) is 8. The number of rotatable bonds is 7. The van der Waals surface area contributed by atoms with Crippen LogP contribution in [0.4, 0.5) is 5.82 Å². The van der Waals surface area contributed by atoms with E-state index in [2.05, 4.69) is 15.1 Å². The number of nitrogens with zero attached hydrogens (tertiary/aromatic N) is 4. The largest absolute Gasteiger partial charge is 0.383 e. The van der Waals surface area contributed by atoms with Crippen molar-refractivity contribution >= 4 is 26.7 Å². The summed E-state index contributed by atoms with van der Waals surface area (Å²) in [5.74, 6) is 0.0704. The molecule has 0 unspecified atom stereocenters. The lowest BCUT2D eigenvalue weighted by atomic mass is 10.4. The van der Waals surface area contributed by atoms with Crippen LogP contribution in [0, 0.1) is 0 Å². The Morgan fingerprint density at radius 1 is 1.27 bits per heavy atom. The van der Waals surface area contributed by atoms with Gasteiger partial charge in [-0.25, -0.2) is 18.1 Å². The van der Waals surface area contributed by atoms with E-state index in [1.54, 1.807) is 0 Å². The summed E-state index contributed by atoms with van der Waals surface area (Å²) in [4.78, 5) is 7.85. The van der Waals surface area contributed by atoms with Crippen LogP contribution in [0.25, 0.3) is 11.0 Å². The summed E-state index contributed by atoms with van der Waals surface area (Å²) in [5, 5.41) is 4.32. The molecule has 0 fully saturated rings. The second-order valence-corrected chi connectivity index (χ2v) is 6.48. The molecule has 0 aliphatic rings. The van der Waals surface area contributed by atoms with Crippen molar-refractivity contribution in [3.63, 3.8) is 0 Å². The van der Waals surface area contributed by atoms with Crippen molar-refractivity contribution in [1.29, 1.82) is 0 Å². The van der Waals surface area contributed by atoms with Gasteiger partial charge < -0.3 is 15.2 Å². The van der Waals surface area contributed by atoms with E-state index in [1.807, 2.05) is 13.8 Å². The average molecular weight is 329 g/mol. The summed E-state index contributed by atoms with van der Waals surface area (Å²) < 4.78 is 35.7. The van der Waals surface area contributed by atoms with Gasteiger partial charge in [-0.15, -0.1) is 0 Å². The van der Waals surface area contributed by atoms with E-state index < -0.39 is 16.1 Å². The molecular weight excluding hydrogens is 310 g/mol. The normalized spacial score (nSPS) is 12.4.